The number of allylic oxidation sites excluding steroid dienone is 1. The molecule has 0 aliphatic heterocycles. The lowest BCUT2D eigenvalue weighted by Crippen LogP contribution is -2.25. The number of nitrogens with one attached hydrogen (secondary N) is 1. The van der Waals surface area contributed by atoms with E-state index in [9.17, 15) is 4.79 Å². The predicted molar refractivity (Wildman–Crippen MR) is 136 cm³/mol. The van der Waals surface area contributed by atoms with E-state index in [1.54, 1.807) is 33.7 Å². The van der Waals surface area contributed by atoms with Crippen molar-refractivity contribution in [1.29, 1.82) is 0 Å². The number of benzene rings is 2. The molecule has 0 unspecified atom stereocenters. The van der Waals surface area contributed by atoms with Crippen molar-refractivity contribution < 1.29 is 23.4 Å². The van der Waals surface area contributed by atoms with Gasteiger partial charge in [0, 0.05) is 40.3 Å². The average molecular weight is 467 g/mol. The average Bonchev–Trinajstić information content (AvgIpc) is 3.25. The fourth-order valence-corrected chi connectivity index (χ4v) is 4.04. The van der Waals surface area contributed by atoms with Gasteiger partial charge in [-0.25, -0.2) is 0 Å². The minimum absolute atomic E-state index is 0.127. The Balaban J connectivity index is 2.04. The van der Waals surface area contributed by atoms with Gasteiger partial charge in [0.05, 0.1) is 27.6 Å². The van der Waals surface area contributed by atoms with E-state index in [1.807, 2.05) is 52.2 Å². The molecule has 0 saturated heterocycles. The van der Waals surface area contributed by atoms with Crippen molar-refractivity contribution in [2.75, 3.05) is 48.5 Å². The third-order valence-electron chi connectivity index (χ3n) is 5.80. The van der Waals surface area contributed by atoms with E-state index in [-0.39, 0.29) is 5.91 Å². The van der Waals surface area contributed by atoms with Crippen LogP contribution in [0.4, 0.5) is 0 Å². The number of carbonyl (C=O) groups is 1. The summed E-state index contributed by atoms with van der Waals surface area (Å²) < 4.78 is 22.7. The highest BCUT2D eigenvalue weighted by Crippen LogP contribution is 2.43. The molecule has 1 N–H and O–H groups in total. The summed E-state index contributed by atoms with van der Waals surface area (Å²) in [7, 11) is 8.92. The van der Waals surface area contributed by atoms with Crippen LogP contribution in [-0.2, 0) is 4.79 Å². The van der Waals surface area contributed by atoms with E-state index in [2.05, 4.69) is 10.2 Å². The predicted octanol–water partition coefficient (Wildman–Crippen LogP) is 4.91. The smallest absolute Gasteiger partial charge is 0.244 e. The van der Waals surface area contributed by atoms with Crippen LogP contribution in [0, 0.1) is 6.92 Å². The van der Waals surface area contributed by atoms with Crippen LogP contribution >= 0.6 is 0 Å². The molecule has 0 fully saturated rings. The number of rotatable bonds is 10. The molecular weight excluding hydrogens is 432 g/mol. The Morgan fingerprint density at radius 1 is 1.09 bits per heavy atom. The number of carbonyl (C=O) groups excluding carboxylic acids is 1. The highest BCUT2D eigenvalue weighted by molar-refractivity contribution is 6.02. The Morgan fingerprint density at radius 3 is 2.50 bits per heavy atom. The van der Waals surface area contributed by atoms with Crippen molar-refractivity contribution in [3.63, 3.8) is 0 Å². The number of hydrogen-bond donors (Lipinski definition) is 1. The zero-order valence-electron chi connectivity index (χ0n) is 21.1. The molecule has 0 radical (unpaired) electrons. The molecule has 0 spiro atoms. The van der Waals surface area contributed by atoms with Crippen molar-refractivity contribution in [1.82, 2.24) is 10.2 Å². The summed E-state index contributed by atoms with van der Waals surface area (Å²) in [5.74, 6) is 1.98. The summed E-state index contributed by atoms with van der Waals surface area (Å²) >= 11 is 0. The first kappa shape index (κ1) is 25.2. The van der Waals surface area contributed by atoms with Crippen LogP contribution in [0.1, 0.15) is 24.5 Å². The Labute approximate surface area is 201 Å². The van der Waals surface area contributed by atoms with Gasteiger partial charge in [0.2, 0.25) is 5.91 Å². The number of amides is 1. The summed E-state index contributed by atoms with van der Waals surface area (Å²) in [4.78, 5) is 14.6. The van der Waals surface area contributed by atoms with Gasteiger partial charge in [-0.1, -0.05) is 0 Å². The number of ether oxygens (including phenoxy) is 3. The normalized spacial score (nSPS) is 11.7. The van der Waals surface area contributed by atoms with Gasteiger partial charge in [-0.15, -0.1) is 0 Å². The maximum atomic E-state index is 12.5. The van der Waals surface area contributed by atoms with Crippen LogP contribution in [0.25, 0.3) is 27.7 Å². The maximum Gasteiger partial charge on any atom is 0.244 e. The zero-order valence-corrected chi connectivity index (χ0v) is 21.1. The van der Waals surface area contributed by atoms with E-state index in [1.165, 1.54) is 0 Å². The Hall–Kier alpha value is -3.45. The van der Waals surface area contributed by atoms with Crippen molar-refractivity contribution in [2.45, 2.75) is 20.3 Å². The van der Waals surface area contributed by atoms with Crippen LogP contribution < -0.4 is 19.5 Å². The molecule has 1 heterocycles. The van der Waals surface area contributed by atoms with Gasteiger partial charge in [0.25, 0.3) is 0 Å². The minimum Gasteiger partial charge on any atom is -0.497 e. The summed E-state index contributed by atoms with van der Waals surface area (Å²) in [6.07, 6.45) is 4.22. The molecule has 1 amide bonds. The van der Waals surface area contributed by atoms with E-state index < -0.39 is 0 Å². The molecule has 0 aliphatic rings. The SMILES string of the molecule is COc1ccc(OC)c(-c2coc3c(C)c(OC)c(/C(C)=C/C(=O)NCCCN(C)C)cc23)c1. The van der Waals surface area contributed by atoms with Gasteiger partial charge in [0.15, 0.2) is 0 Å². The van der Waals surface area contributed by atoms with Gasteiger partial charge < -0.3 is 28.8 Å². The molecule has 7 heteroatoms. The van der Waals surface area contributed by atoms with E-state index in [4.69, 9.17) is 18.6 Å². The lowest BCUT2D eigenvalue weighted by Gasteiger charge is -2.14. The van der Waals surface area contributed by atoms with Gasteiger partial charge in [0.1, 0.15) is 22.8 Å². The summed E-state index contributed by atoms with van der Waals surface area (Å²) in [5, 5.41) is 3.86. The number of furan rings is 1. The van der Waals surface area contributed by atoms with Crippen LogP contribution in [0.2, 0.25) is 0 Å². The summed E-state index contributed by atoms with van der Waals surface area (Å²) in [6, 6.07) is 7.65. The molecule has 0 saturated carbocycles. The third kappa shape index (κ3) is 5.37. The Kier molecular flexibility index (Phi) is 8.23. The highest BCUT2D eigenvalue weighted by Gasteiger charge is 2.20. The first-order valence-corrected chi connectivity index (χ1v) is 11.2. The maximum absolute atomic E-state index is 12.5. The molecule has 3 aromatic rings. The number of methoxy groups -OCH3 is 3. The van der Waals surface area contributed by atoms with E-state index >= 15 is 0 Å². The molecule has 0 bridgehead atoms. The first-order chi connectivity index (χ1) is 16.3. The van der Waals surface area contributed by atoms with Gasteiger partial charge in [-0.3, -0.25) is 4.79 Å². The monoisotopic (exact) mass is 466 g/mol. The van der Waals surface area contributed by atoms with E-state index in [0.717, 1.165) is 57.5 Å². The molecule has 7 nitrogen and oxygen atoms in total. The van der Waals surface area contributed by atoms with Gasteiger partial charge >= 0.3 is 0 Å². The van der Waals surface area contributed by atoms with Crippen molar-refractivity contribution >= 4 is 22.4 Å². The summed E-state index contributed by atoms with van der Waals surface area (Å²) in [5.41, 5.74) is 4.95. The second-order valence-electron chi connectivity index (χ2n) is 8.45. The molecule has 0 atom stereocenters. The highest BCUT2D eigenvalue weighted by atomic mass is 16.5. The quantitative estimate of drug-likeness (QED) is 0.338. The largest absolute Gasteiger partial charge is 0.497 e. The number of hydrogen-bond acceptors (Lipinski definition) is 6. The zero-order chi connectivity index (χ0) is 24.8. The van der Waals surface area contributed by atoms with Crippen molar-refractivity contribution in [3.05, 3.63) is 47.7 Å². The van der Waals surface area contributed by atoms with Crippen LogP contribution in [0.5, 0.6) is 17.2 Å². The Morgan fingerprint density at radius 2 is 1.85 bits per heavy atom. The molecule has 2 aromatic carbocycles. The fraction of sp³-hybridized carbons (Fsp3) is 0.370. The molecular formula is C27H34N2O5. The molecule has 0 aliphatic carbocycles. The molecule has 182 valence electrons. The number of nitrogens with zero attached hydrogens (tertiary/aromatic N) is 1. The van der Waals surface area contributed by atoms with Crippen molar-refractivity contribution in [2.24, 2.45) is 0 Å². The molecule has 3 rings (SSSR count). The number of aryl methyl sites for hydroxylation is 1. The lowest BCUT2D eigenvalue weighted by molar-refractivity contribution is -0.116. The topological polar surface area (TPSA) is 73.2 Å². The van der Waals surface area contributed by atoms with Gasteiger partial charge in [-0.2, -0.15) is 0 Å². The van der Waals surface area contributed by atoms with Crippen LogP contribution in [0.15, 0.2) is 41.0 Å². The lowest BCUT2D eigenvalue weighted by atomic mass is 9.96. The fourth-order valence-electron chi connectivity index (χ4n) is 4.04. The Bertz CT molecular complexity index is 1190. The van der Waals surface area contributed by atoms with Crippen molar-refractivity contribution in [3.8, 4) is 28.4 Å². The molecule has 34 heavy (non-hydrogen) atoms. The van der Waals surface area contributed by atoms with Crippen LogP contribution in [-0.4, -0.2) is 59.3 Å². The van der Waals surface area contributed by atoms with Gasteiger partial charge in [-0.05, 0) is 70.7 Å². The van der Waals surface area contributed by atoms with E-state index in [0.29, 0.717) is 18.0 Å². The number of fused-ring (bicyclic) bond motifs is 1. The minimum atomic E-state index is -0.127. The summed E-state index contributed by atoms with van der Waals surface area (Å²) in [6.45, 7) is 5.41. The third-order valence-corrected chi connectivity index (χ3v) is 5.80. The molecule has 1 aromatic heterocycles. The van der Waals surface area contributed by atoms with Crippen LogP contribution in [0.3, 0.4) is 0 Å². The first-order valence-electron chi connectivity index (χ1n) is 11.2. The second kappa shape index (κ2) is 11.1. The second-order valence-corrected chi connectivity index (χ2v) is 8.45. The standard InChI is InChI=1S/C27H34N2O5/c1-17(13-25(30)28-11-8-12-29(3)4)20-15-22-23(16-34-27(22)18(2)26(20)33-7)21-14-19(31-5)9-10-24(21)32-6/h9-10,13-16H,8,11-12H2,1-7H3,(H,28,30)/b17-13+.